The van der Waals surface area contributed by atoms with Crippen molar-refractivity contribution >= 4 is 22.2 Å². The maximum atomic E-state index is 12.8. The summed E-state index contributed by atoms with van der Waals surface area (Å²) in [7, 11) is 0. The highest BCUT2D eigenvalue weighted by Gasteiger charge is 2.27. The van der Waals surface area contributed by atoms with Gasteiger partial charge >= 0.3 is 0 Å². The largest absolute Gasteiger partial charge is 0.398 e. The van der Waals surface area contributed by atoms with E-state index >= 15 is 0 Å². The first-order valence-corrected chi connectivity index (χ1v) is 8.01. The lowest BCUT2D eigenvalue weighted by Crippen LogP contribution is -2.22. The summed E-state index contributed by atoms with van der Waals surface area (Å²) in [6.45, 7) is 2.24. The average Bonchev–Trinajstić information content (AvgIpc) is 2.53. The fraction of sp³-hybridized carbons (Fsp3) is 0.421. The van der Waals surface area contributed by atoms with Gasteiger partial charge in [-0.2, -0.15) is 0 Å². The molecule has 2 heteroatoms. The Balaban J connectivity index is 1.86. The predicted molar refractivity (Wildman–Crippen MR) is 88.4 cm³/mol. The van der Waals surface area contributed by atoms with Crippen LogP contribution < -0.4 is 5.73 Å². The van der Waals surface area contributed by atoms with Gasteiger partial charge in [0.1, 0.15) is 0 Å². The molecule has 2 nitrogen and oxygen atoms in total. The first kappa shape index (κ1) is 14.1. The number of nitrogens with two attached hydrogens (primary N) is 1. The van der Waals surface area contributed by atoms with Gasteiger partial charge in [-0.3, -0.25) is 4.79 Å². The van der Waals surface area contributed by atoms with E-state index < -0.39 is 0 Å². The molecular formula is C19H23NO. The highest BCUT2D eigenvalue weighted by molar-refractivity contribution is 6.06. The summed E-state index contributed by atoms with van der Waals surface area (Å²) in [6, 6.07) is 12.0. The number of fused-ring (bicyclic) bond motifs is 1. The molecule has 3 rings (SSSR count). The van der Waals surface area contributed by atoms with Crippen LogP contribution in [0.3, 0.4) is 0 Å². The van der Waals surface area contributed by atoms with Crippen molar-refractivity contribution in [1.29, 1.82) is 0 Å². The second kappa shape index (κ2) is 5.88. The van der Waals surface area contributed by atoms with Gasteiger partial charge in [-0.15, -0.1) is 0 Å². The minimum absolute atomic E-state index is 0.163. The molecule has 1 aliphatic carbocycles. The first-order valence-electron chi connectivity index (χ1n) is 8.01. The van der Waals surface area contributed by atoms with Crippen molar-refractivity contribution in [3.8, 4) is 0 Å². The van der Waals surface area contributed by atoms with Gasteiger partial charge in [-0.25, -0.2) is 0 Å². The molecule has 2 aromatic carbocycles. The molecule has 1 fully saturated rings. The summed E-state index contributed by atoms with van der Waals surface area (Å²) in [5, 5.41) is 2.19. The van der Waals surface area contributed by atoms with Crippen LogP contribution in [-0.2, 0) is 0 Å². The molecular weight excluding hydrogens is 258 g/mol. The number of hydrogen-bond acceptors (Lipinski definition) is 2. The molecule has 2 N–H and O–H groups in total. The number of Topliss-reactive ketones (excluding diaryl/α,β-unsaturated/α-hetero) is 1. The highest BCUT2D eigenvalue weighted by atomic mass is 16.1. The molecule has 0 radical (unpaired) electrons. The Morgan fingerprint density at radius 1 is 1.10 bits per heavy atom. The van der Waals surface area contributed by atoms with Crippen molar-refractivity contribution in [2.24, 2.45) is 11.8 Å². The summed E-state index contributed by atoms with van der Waals surface area (Å²) in [5.41, 5.74) is 7.46. The Bertz CT molecular complexity index is 654. The summed E-state index contributed by atoms with van der Waals surface area (Å²) in [6.07, 6.45) is 5.63. The smallest absolute Gasteiger partial charge is 0.168 e. The number of carbonyl (C=O) groups excluding carboxylic acids is 1. The van der Waals surface area contributed by atoms with E-state index in [1.54, 1.807) is 0 Å². The standard InChI is InChI=1S/C19H23NO/c1-2-13-7-9-14(10-8-13)19(21)17-11-15-5-3-4-6-16(15)12-18(17)20/h3-6,11-14H,2,7-10,20H2,1H3. The van der Waals surface area contributed by atoms with Gasteiger partial charge in [0, 0.05) is 17.2 Å². The Kier molecular flexibility index (Phi) is 3.96. The second-order valence-corrected chi connectivity index (χ2v) is 6.28. The van der Waals surface area contributed by atoms with Crippen molar-refractivity contribution in [3.63, 3.8) is 0 Å². The fourth-order valence-electron chi connectivity index (χ4n) is 3.52. The van der Waals surface area contributed by atoms with Gasteiger partial charge in [0.2, 0.25) is 0 Å². The van der Waals surface area contributed by atoms with Crippen LogP contribution in [0.15, 0.2) is 36.4 Å². The number of benzene rings is 2. The van der Waals surface area contributed by atoms with Gasteiger partial charge in [-0.05, 0) is 54.5 Å². The second-order valence-electron chi connectivity index (χ2n) is 6.28. The lowest BCUT2D eigenvalue weighted by Gasteiger charge is -2.27. The van der Waals surface area contributed by atoms with Gasteiger partial charge in [0.05, 0.1) is 0 Å². The van der Waals surface area contributed by atoms with E-state index in [-0.39, 0.29) is 11.7 Å². The molecule has 0 bridgehead atoms. The maximum Gasteiger partial charge on any atom is 0.168 e. The molecule has 0 atom stereocenters. The Hall–Kier alpha value is -1.83. The molecule has 0 heterocycles. The number of rotatable bonds is 3. The van der Waals surface area contributed by atoms with Crippen LogP contribution in [0.1, 0.15) is 49.4 Å². The van der Waals surface area contributed by atoms with E-state index in [1.165, 1.54) is 19.3 Å². The van der Waals surface area contributed by atoms with Gasteiger partial charge in [0.15, 0.2) is 5.78 Å². The molecule has 110 valence electrons. The van der Waals surface area contributed by atoms with Crippen LogP contribution in [0.2, 0.25) is 0 Å². The molecule has 0 aliphatic heterocycles. The monoisotopic (exact) mass is 281 g/mol. The van der Waals surface area contributed by atoms with Crippen LogP contribution >= 0.6 is 0 Å². The third-order valence-corrected chi connectivity index (χ3v) is 4.98. The molecule has 1 aliphatic rings. The molecule has 1 saturated carbocycles. The van der Waals surface area contributed by atoms with Gasteiger partial charge in [0.25, 0.3) is 0 Å². The highest BCUT2D eigenvalue weighted by Crippen LogP contribution is 2.34. The van der Waals surface area contributed by atoms with E-state index in [0.29, 0.717) is 11.3 Å². The first-order chi connectivity index (χ1) is 10.2. The van der Waals surface area contributed by atoms with E-state index in [0.717, 1.165) is 29.5 Å². The summed E-state index contributed by atoms with van der Waals surface area (Å²) >= 11 is 0. The number of nitrogen functional groups attached to an aromatic ring is 1. The van der Waals surface area contributed by atoms with Gasteiger partial charge < -0.3 is 5.73 Å². The van der Waals surface area contributed by atoms with Crippen LogP contribution in [0.4, 0.5) is 5.69 Å². The third kappa shape index (κ3) is 2.80. The minimum Gasteiger partial charge on any atom is -0.398 e. The summed E-state index contributed by atoms with van der Waals surface area (Å²) < 4.78 is 0. The Morgan fingerprint density at radius 2 is 1.71 bits per heavy atom. The average molecular weight is 281 g/mol. The number of ketones is 1. The van der Waals surface area contributed by atoms with Gasteiger partial charge in [-0.1, -0.05) is 37.6 Å². The Labute approximate surface area is 126 Å². The van der Waals surface area contributed by atoms with Crippen molar-refractivity contribution in [2.75, 3.05) is 5.73 Å². The molecule has 21 heavy (non-hydrogen) atoms. The van der Waals surface area contributed by atoms with Crippen LogP contribution in [0.25, 0.3) is 10.8 Å². The molecule has 0 amide bonds. The fourth-order valence-corrected chi connectivity index (χ4v) is 3.52. The van der Waals surface area contributed by atoms with E-state index in [4.69, 9.17) is 5.73 Å². The predicted octanol–water partition coefficient (Wildman–Crippen LogP) is 4.82. The normalized spacial score (nSPS) is 22.3. The lowest BCUT2D eigenvalue weighted by atomic mass is 9.77. The van der Waals surface area contributed by atoms with E-state index in [9.17, 15) is 4.79 Å². The molecule has 0 saturated heterocycles. The third-order valence-electron chi connectivity index (χ3n) is 4.98. The van der Waals surface area contributed by atoms with Crippen molar-refractivity contribution < 1.29 is 4.79 Å². The van der Waals surface area contributed by atoms with Crippen molar-refractivity contribution in [3.05, 3.63) is 42.0 Å². The summed E-state index contributed by atoms with van der Waals surface area (Å²) in [4.78, 5) is 12.8. The molecule has 0 unspecified atom stereocenters. The lowest BCUT2D eigenvalue weighted by molar-refractivity contribution is 0.0872. The topological polar surface area (TPSA) is 43.1 Å². The molecule has 0 aromatic heterocycles. The minimum atomic E-state index is 0.163. The van der Waals surface area contributed by atoms with E-state index in [1.807, 2.05) is 36.4 Å². The number of carbonyl (C=O) groups is 1. The molecule has 0 spiro atoms. The van der Waals surface area contributed by atoms with Crippen LogP contribution in [0, 0.1) is 11.8 Å². The maximum absolute atomic E-state index is 12.8. The molecule has 2 aromatic rings. The van der Waals surface area contributed by atoms with Crippen LogP contribution in [-0.4, -0.2) is 5.78 Å². The zero-order valence-electron chi connectivity index (χ0n) is 12.6. The zero-order chi connectivity index (χ0) is 14.8. The number of anilines is 1. The van der Waals surface area contributed by atoms with Crippen molar-refractivity contribution in [1.82, 2.24) is 0 Å². The quantitative estimate of drug-likeness (QED) is 0.647. The summed E-state index contributed by atoms with van der Waals surface area (Å²) in [5.74, 6) is 1.21. The van der Waals surface area contributed by atoms with Crippen LogP contribution in [0.5, 0.6) is 0 Å². The van der Waals surface area contributed by atoms with E-state index in [2.05, 4.69) is 6.92 Å². The number of hydrogen-bond donors (Lipinski definition) is 1. The Morgan fingerprint density at radius 3 is 2.33 bits per heavy atom. The zero-order valence-corrected chi connectivity index (χ0v) is 12.6. The van der Waals surface area contributed by atoms with Crippen molar-refractivity contribution in [2.45, 2.75) is 39.0 Å². The SMILES string of the molecule is CCC1CCC(C(=O)c2cc3ccccc3cc2N)CC1.